The summed E-state index contributed by atoms with van der Waals surface area (Å²) in [4.78, 5) is 11.8. The van der Waals surface area contributed by atoms with E-state index in [2.05, 4.69) is 4.65 Å². The van der Waals surface area contributed by atoms with Gasteiger partial charge in [-0.05, 0) is 42.1 Å². The third kappa shape index (κ3) is 6.30. The summed E-state index contributed by atoms with van der Waals surface area (Å²) in [5.74, 6) is -0.936. The van der Waals surface area contributed by atoms with Crippen LogP contribution in [0, 0.1) is 0 Å². The smallest absolute Gasteiger partial charge is 0.506 e. The van der Waals surface area contributed by atoms with Gasteiger partial charge in [0.05, 0.1) is 11.1 Å². The molecule has 3 nitrogen and oxygen atoms in total. The van der Waals surface area contributed by atoms with Crippen molar-refractivity contribution in [1.29, 1.82) is 0 Å². The first-order chi connectivity index (χ1) is 13.0. The molecular weight excluding hydrogens is 389 g/mol. The number of rotatable bonds is 6. The number of alkyl halides is 6. The van der Waals surface area contributed by atoms with Crippen LogP contribution < -0.4 is 5.46 Å². The first kappa shape index (κ1) is 21.8. The van der Waals surface area contributed by atoms with Crippen molar-refractivity contribution in [3.63, 3.8) is 0 Å². The van der Waals surface area contributed by atoms with E-state index in [0.29, 0.717) is 25.0 Å². The first-order valence-corrected chi connectivity index (χ1v) is 8.17. The van der Waals surface area contributed by atoms with E-state index in [-0.39, 0.29) is 12.5 Å². The molecule has 0 saturated heterocycles. The summed E-state index contributed by atoms with van der Waals surface area (Å²) in [5.41, 5.74) is -3.06. The largest absolute Gasteiger partial charge is 0.561 e. The maximum atomic E-state index is 12.8. The van der Waals surface area contributed by atoms with Gasteiger partial charge in [-0.2, -0.15) is 26.3 Å². The van der Waals surface area contributed by atoms with Crippen molar-refractivity contribution in [2.24, 2.45) is 0 Å². The van der Waals surface area contributed by atoms with Crippen molar-refractivity contribution in [2.75, 3.05) is 0 Å². The predicted octanol–water partition coefficient (Wildman–Crippen LogP) is 3.98. The van der Waals surface area contributed by atoms with Gasteiger partial charge in [-0.3, -0.25) is 4.79 Å². The lowest BCUT2D eigenvalue weighted by molar-refractivity contribution is -0.143. The van der Waals surface area contributed by atoms with Gasteiger partial charge in [-0.25, -0.2) is 0 Å². The second-order valence-electron chi connectivity index (χ2n) is 6.02. The highest BCUT2D eigenvalue weighted by Crippen LogP contribution is 2.34. The van der Waals surface area contributed by atoms with Gasteiger partial charge in [0.1, 0.15) is 0 Å². The highest BCUT2D eigenvalue weighted by atomic mass is 19.4. The molecule has 28 heavy (non-hydrogen) atoms. The normalized spacial score (nSPS) is 12.0. The lowest BCUT2D eigenvalue weighted by atomic mass is 9.77. The van der Waals surface area contributed by atoms with Gasteiger partial charge >= 0.3 is 19.5 Å². The van der Waals surface area contributed by atoms with Crippen molar-refractivity contribution in [1.82, 2.24) is 0 Å². The highest BCUT2D eigenvalue weighted by Gasteiger charge is 2.38. The summed E-state index contributed by atoms with van der Waals surface area (Å²) in [7, 11) is -2.24. The molecule has 0 bridgehead atoms. The molecule has 0 fully saturated rings. The van der Waals surface area contributed by atoms with Gasteiger partial charge in [-0.15, -0.1) is 0 Å². The third-order valence-electron chi connectivity index (χ3n) is 3.83. The van der Waals surface area contributed by atoms with Crippen molar-refractivity contribution in [2.45, 2.75) is 31.6 Å². The Morgan fingerprint density at radius 1 is 0.929 bits per heavy atom. The Hall–Kier alpha value is -2.49. The van der Waals surface area contributed by atoms with E-state index in [9.17, 15) is 36.2 Å². The zero-order valence-electron chi connectivity index (χ0n) is 14.3. The van der Waals surface area contributed by atoms with Gasteiger partial charge in [0, 0.05) is 6.42 Å². The molecule has 0 aromatic heterocycles. The van der Waals surface area contributed by atoms with E-state index in [0.717, 1.165) is 5.56 Å². The zero-order chi connectivity index (χ0) is 20.9. The predicted molar refractivity (Wildman–Crippen MR) is 89.5 cm³/mol. The van der Waals surface area contributed by atoms with Crippen LogP contribution in [0.25, 0.3) is 0 Å². The number of carbonyl (C=O) groups is 1. The molecule has 10 heteroatoms. The fraction of sp³-hybridized carbons (Fsp3) is 0.278. The standard InChI is InChI=1S/C18H15BF6O3/c20-17(21,22)13-9-14(18(23,24)25)11-15(10-13)19(27)28-16(26)8-4-7-12-5-2-1-3-6-12/h1-3,5-6,9-11,27H,4,7-8H2. The van der Waals surface area contributed by atoms with Gasteiger partial charge < -0.3 is 9.68 Å². The minimum atomic E-state index is -5.06. The van der Waals surface area contributed by atoms with Crippen LogP contribution in [-0.2, 0) is 28.2 Å². The van der Waals surface area contributed by atoms with Gasteiger partial charge in [-0.1, -0.05) is 30.3 Å². The molecule has 0 aliphatic rings. The van der Waals surface area contributed by atoms with Crippen LogP contribution in [0.5, 0.6) is 0 Å². The zero-order valence-corrected chi connectivity index (χ0v) is 14.3. The van der Waals surface area contributed by atoms with Crippen molar-refractivity contribution in [3.05, 3.63) is 65.2 Å². The van der Waals surface area contributed by atoms with E-state index < -0.39 is 42.0 Å². The maximum absolute atomic E-state index is 12.8. The monoisotopic (exact) mass is 404 g/mol. The first-order valence-electron chi connectivity index (χ1n) is 8.17. The highest BCUT2D eigenvalue weighted by molar-refractivity contribution is 6.61. The minimum Gasteiger partial charge on any atom is -0.506 e. The summed E-state index contributed by atoms with van der Waals surface area (Å²) in [6, 6.07) is 9.67. The molecule has 0 heterocycles. The van der Waals surface area contributed by atoms with Gasteiger partial charge in [0.15, 0.2) is 0 Å². The Kier molecular flexibility index (Phi) is 6.76. The molecule has 150 valence electrons. The fourth-order valence-electron chi connectivity index (χ4n) is 2.45. The van der Waals surface area contributed by atoms with E-state index in [1.54, 1.807) is 0 Å². The van der Waals surface area contributed by atoms with Crippen LogP contribution in [0.4, 0.5) is 26.3 Å². The maximum Gasteiger partial charge on any atom is 0.561 e. The molecule has 0 atom stereocenters. The number of carbonyl (C=O) groups excluding carboxylic acids is 1. The Morgan fingerprint density at radius 2 is 1.46 bits per heavy atom. The van der Waals surface area contributed by atoms with Crippen LogP contribution in [-0.4, -0.2) is 18.1 Å². The van der Waals surface area contributed by atoms with Crippen molar-refractivity contribution in [3.8, 4) is 0 Å². The van der Waals surface area contributed by atoms with Crippen molar-refractivity contribution < 1.29 is 40.8 Å². The number of hydrogen-bond acceptors (Lipinski definition) is 3. The average Bonchev–Trinajstić information content (AvgIpc) is 2.60. The number of benzene rings is 2. The molecule has 0 amide bonds. The summed E-state index contributed by atoms with van der Waals surface area (Å²) in [6.45, 7) is 0. The van der Waals surface area contributed by atoms with Gasteiger partial charge in [0.25, 0.3) is 5.97 Å². The van der Waals surface area contributed by atoms with Crippen LogP contribution in [0.15, 0.2) is 48.5 Å². The molecule has 0 radical (unpaired) electrons. The molecule has 1 N–H and O–H groups in total. The minimum absolute atomic E-state index is 0.0715. The van der Waals surface area contributed by atoms with Crippen LogP contribution >= 0.6 is 0 Å². The Bertz CT molecular complexity index is 773. The molecule has 0 spiro atoms. The SMILES string of the molecule is O=C(CCCc1ccccc1)OB(O)c1cc(C(F)(F)F)cc(C(F)(F)F)c1. The lowest BCUT2D eigenvalue weighted by Gasteiger charge is -2.15. The van der Waals surface area contributed by atoms with Crippen LogP contribution in [0.3, 0.4) is 0 Å². The second kappa shape index (κ2) is 8.68. The molecule has 0 saturated carbocycles. The molecule has 2 aromatic carbocycles. The molecular formula is C18H15BF6O3. The lowest BCUT2D eigenvalue weighted by Crippen LogP contribution is -2.37. The summed E-state index contributed by atoms with van der Waals surface area (Å²) >= 11 is 0. The number of aryl methyl sites for hydroxylation is 1. The molecule has 0 aliphatic carbocycles. The molecule has 2 aromatic rings. The Morgan fingerprint density at radius 3 is 1.96 bits per heavy atom. The van der Waals surface area contributed by atoms with E-state index in [1.807, 2.05) is 30.3 Å². The van der Waals surface area contributed by atoms with Crippen LogP contribution in [0.2, 0.25) is 0 Å². The third-order valence-corrected chi connectivity index (χ3v) is 3.83. The summed E-state index contributed by atoms with van der Waals surface area (Å²) in [5, 5.41) is 9.81. The van der Waals surface area contributed by atoms with E-state index >= 15 is 0 Å². The van der Waals surface area contributed by atoms with Gasteiger partial charge in [0.2, 0.25) is 0 Å². The molecule has 0 unspecified atom stereocenters. The van der Waals surface area contributed by atoms with E-state index in [1.165, 1.54) is 0 Å². The number of hydrogen-bond donors (Lipinski definition) is 1. The van der Waals surface area contributed by atoms with E-state index in [4.69, 9.17) is 0 Å². The summed E-state index contributed by atoms with van der Waals surface area (Å²) in [6.07, 6.45) is -9.42. The second-order valence-corrected chi connectivity index (χ2v) is 6.02. The average molecular weight is 404 g/mol. The quantitative estimate of drug-likeness (QED) is 0.586. The van der Waals surface area contributed by atoms with Crippen molar-refractivity contribution >= 4 is 18.6 Å². The topological polar surface area (TPSA) is 46.5 Å². The fourth-order valence-corrected chi connectivity index (χ4v) is 2.45. The molecule has 0 aliphatic heterocycles. The summed E-state index contributed by atoms with van der Waals surface area (Å²) < 4.78 is 81.6. The Balaban J connectivity index is 2.05. The Labute approximate surface area is 157 Å². The van der Waals surface area contributed by atoms with Crippen LogP contribution in [0.1, 0.15) is 29.5 Å². The number of halogens is 6. The molecule has 2 rings (SSSR count).